The number of carbonyl (C=O) groups is 2. The first-order valence-corrected chi connectivity index (χ1v) is 20.9. The molecule has 3 aliphatic heterocycles. The number of hydrogen-bond donors (Lipinski definition) is 2. The third-order valence-corrected chi connectivity index (χ3v) is 14.2. The van der Waals surface area contributed by atoms with Gasteiger partial charge in [0.1, 0.15) is 19.0 Å². The van der Waals surface area contributed by atoms with Crippen LogP contribution in [0.1, 0.15) is 80.3 Å². The van der Waals surface area contributed by atoms with Crippen LogP contribution in [0.25, 0.3) is 0 Å². The fourth-order valence-corrected chi connectivity index (χ4v) is 10.1. The molecule has 3 heterocycles. The Kier molecular flexibility index (Phi) is 12.4. The van der Waals surface area contributed by atoms with Gasteiger partial charge in [-0.3, -0.25) is 14.5 Å². The number of aliphatic hydroxyl groups is 1. The summed E-state index contributed by atoms with van der Waals surface area (Å²) in [5.74, 6) is -0.0185. The van der Waals surface area contributed by atoms with Crippen molar-refractivity contribution in [3.05, 3.63) is 58.1 Å². The van der Waals surface area contributed by atoms with Crippen LogP contribution < -0.4 is 14.4 Å². The number of ether oxygens (including phenoxy) is 2. The summed E-state index contributed by atoms with van der Waals surface area (Å²) in [6.07, 6.45) is 6.38. The summed E-state index contributed by atoms with van der Waals surface area (Å²) in [6.45, 7) is 8.38. The normalized spacial score (nSPS) is 29.0. The van der Waals surface area contributed by atoms with Crippen molar-refractivity contribution in [3.8, 4) is 5.75 Å². The highest BCUT2D eigenvalue weighted by molar-refractivity contribution is 7.90. The van der Waals surface area contributed by atoms with Crippen molar-refractivity contribution in [3.63, 3.8) is 0 Å². The van der Waals surface area contributed by atoms with Crippen LogP contribution in [-0.2, 0) is 32.6 Å². The Bertz CT molecular complexity index is 1700. The molecular formula is C39H55ClN4O7S. The number of fused-ring (bicyclic) bond motifs is 3. The summed E-state index contributed by atoms with van der Waals surface area (Å²) in [4.78, 5) is 32.4. The molecule has 1 unspecified atom stereocenters. The minimum Gasteiger partial charge on any atom is -0.487 e. The molecule has 2 N–H and O–H groups in total. The second-order valence-corrected chi connectivity index (χ2v) is 17.9. The van der Waals surface area contributed by atoms with E-state index in [-0.39, 0.29) is 35.8 Å². The molecule has 2 aromatic rings. The molecule has 2 bridgehead atoms. The number of β-amino-alcohol motifs (C(OH)–C–C–N with tert-alkyl or cyclic N) is 1. The van der Waals surface area contributed by atoms with Crippen LogP contribution in [0.15, 0.2) is 36.4 Å². The molecule has 5 atom stereocenters. The Morgan fingerprint density at radius 3 is 2.54 bits per heavy atom. The summed E-state index contributed by atoms with van der Waals surface area (Å²) < 4.78 is 40.9. The monoisotopic (exact) mass is 758 g/mol. The number of halogens is 1. The quantitative estimate of drug-likeness (QED) is 0.449. The highest BCUT2D eigenvalue weighted by Gasteiger charge is 2.48. The van der Waals surface area contributed by atoms with Crippen molar-refractivity contribution in [1.82, 2.24) is 14.5 Å². The smallest absolute Gasteiger partial charge is 0.264 e. The first-order chi connectivity index (χ1) is 24.9. The van der Waals surface area contributed by atoms with E-state index in [1.165, 1.54) is 7.11 Å². The third-order valence-electron chi connectivity index (χ3n) is 12.1. The largest absolute Gasteiger partial charge is 0.487 e. The summed E-state index contributed by atoms with van der Waals surface area (Å²) in [6, 6.07) is 11.1. The second-order valence-electron chi connectivity index (χ2n) is 15.5. The molecule has 1 saturated carbocycles. The lowest BCUT2D eigenvalue weighted by atomic mass is 9.62. The predicted octanol–water partition coefficient (Wildman–Crippen LogP) is 4.88. The van der Waals surface area contributed by atoms with Gasteiger partial charge in [0, 0.05) is 63.5 Å². The van der Waals surface area contributed by atoms with Crippen LogP contribution in [0, 0.1) is 17.8 Å². The van der Waals surface area contributed by atoms with Gasteiger partial charge in [-0.25, -0.2) is 13.1 Å². The van der Waals surface area contributed by atoms with Crippen LogP contribution >= 0.6 is 11.6 Å². The molecule has 4 aliphatic rings. The van der Waals surface area contributed by atoms with E-state index in [1.54, 1.807) is 25.1 Å². The number of amides is 2. The van der Waals surface area contributed by atoms with E-state index in [4.69, 9.17) is 21.1 Å². The van der Waals surface area contributed by atoms with E-state index in [1.807, 2.05) is 30.0 Å². The number of hydrogen-bond acceptors (Lipinski definition) is 9. The number of anilines is 1. The first kappa shape index (κ1) is 38.8. The minimum absolute atomic E-state index is 0.0190. The van der Waals surface area contributed by atoms with E-state index in [0.29, 0.717) is 82.5 Å². The Hall–Kier alpha value is -2.90. The number of piperazine rings is 1. The third kappa shape index (κ3) is 8.89. The maximum Gasteiger partial charge on any atom is 0.264 e. The second kappa shape index (κ2) is 16.6. The Labute approximate surface area is 314 Å². The van der Waals surface area contributed by atoms with Gasteiger partial charge in [0.05, 0.1) is 16.5 Å². The van der Waals surface area contributed by atoms with Crippen molar-refractivity contribution in [2.24, 2.45) is 17.8 Å². The molecule has 286 valence electrons. The number of aryl methyl sites for hydroxylation is 1. The molecule has 6 rings (SSSR count). The molecular weight excluding hydrogens is 704 g/mol. The fourth-order valence-electron chi connectivity index (χ4n) is 8.55. The number of carbonyl (C=O) groups excluding carboxylic acids is 2. The lowest BCUT2D eigenvalue weighted by Gasteiger charge is -2.51. The van der Waals surface area contributed by atoms with E-state index >= 15 is 0 Å². The molecule has 0 aromatic heterocycles. The molecule has 0 radical (unpaired) electrons. The van der Waals surface area contributed by atoms with Crippen molar-refractivity contribution in [2.75, 3.05) is 64.4 Å². The van der Waals surface area contributed by atoms with Crippen LogP contribution in [0.4, 0.5) is 5.69 Å². The van der Waals surface area contributed by atoms with Crippen molar-refractivity contribution < 1.29 is 32.6 Å². The van der Waals surface area contributed by atoms with E-state index in [0.717, 1.165) is 48.9 Å². The van der Waals surface area contributed by atoms with Crippen molar-refractivity contribution in [2.45, 2.75) is 82.7 Å². The maximum atomic E-state index is 13.6. The van der Waals surface area contributed by atoms with Crippen LogP contribution in [0.3, 0.4) is 0 Å². The van der Waals surface area contributed by atoms with Crippen LogP contribution in [0.5, 0.6) is 5.75 Å². The molecule has 52 heavy (non-hydrogen) atoms. The average Bonchev–Trinajstić information content (AvgIpc) is 3.12. The molecule has 13 heteroatoms. The zero-order valence-corrected chi connectivity index (χ0v) is 32.4. The molecule has 11 nitrogen and oxygen atoms in total. The van der Waals surface area contributed by atoms with Crippen LogP contribution in [0.2, 0.25) is 5.02 Å². The number of methoxy groups -OCH3 is 1. The van der Waals surface area contributed by atoms with Gasteiger partial charge in [0.15, 0.2) is 0 Å². The molecule has 2 fully saturated rings. The SMILES string of the molecule is COCC(=O)N1CCN(C[C@@]2(O)CCC[C@H](C)[C@@H](C)S(=O)(=O)NC(=O)c3ccc4c(c3)N(CCCCc3cc(Cl)ccc3CO4)C[C@@H]3CCC32)CC1. The van der Waals surface area contributed by atoms with Gasteiger partial charge >= 0.3 is 0 Å². The highest BCUT2D eigenvalue weighted by atomic mass is 35.5. The lowest BCUT2D eigenvalue weighted by Crippen LogP contribution is -2.59. The Balaban J connectivity index is 1.32. The molecule has 0 spiro atoms. The standard InChI is InChI=1S/C39H55ClN4O7S/c1-27-7-6-15-39(47,26-42-17-19-43(20-18-42)37(45)25-50-3)34-13-10-31(34)23-44-16-5-4-8-29-21-33(40)12-9-32(29)24-51-36-14-11-30(22-35(36)44)38(46)41-52(48,49)28(27)2/h9,11-12,14,21-22,27-28,31,34,47H,4-8,10,13,15-20,23-26H2,1-3H3,(H,41,46)/t27-,28+,31-,34?,39-/m0/s1. The Morgan fingerprint density at radius 1 is 1.02 bits per heavy atom. The van der Waals surface area contributed by atoms with E-state index < -0.39 is 26.8 Å². The van der Waals surface area contributed by atoms with Gasteiger partial charge in [0.25, 0.3) is 5.91 Å². The number of sulfonamides is 1. The van der Waals surface area contributed by atoms with Gasteiger partial charge in [-0.1, -0.05) is 31.0 Å². The summed E-state index contributed by atoms with van der Waals surface area (Å²) in [5, 5.41) is 12.6. The van der Waals surface area contributed by atoms with Crippen molar-refractivity contribution >= 4 is 39.1 Å². The summed E-state index contributed by atoms with van der Waals surface area (Å²) in [7, 11) is -2.45. The van der Waals surface area contributed by atoms with Crippen molar-refractivity contribution in [1.29, 1.82) is 0 Å². The topological polar surface area (TPSA) is 129 Å². The molecule has 2 aromatic carbocycles. The van der Waals surface area contributed by atoms with Gasteiger partial charge in [0.2, 0.25) is 15.9 Å². The number of nitrogens with one attached hydrogen (secondary N) is 1. The van der Waals surface area contributed by atoms with Gasteiger partial charge in [-0.05, 0) is 111 Å². The molecule has 1 saturated heterocycles. The van der Waals surface area contributed by atoms with Gasteiger partial charge < -0.3 is 24.4 Å². The molecule has 2 amide bonds. The zero-order valence-electron chi connectivity index (χ0n) is 30.8. The first-order valence-electron chi connectivity index (χ1n) is 18.9. The lowest BCUT2D eigenvalue weighted by molar-refractivity contribution is -0.139. The predicted molar refractivity (Wildman–Crippen MR) is 202 cm³/mol. The Morgan fingerprint density at radius 2 is 1.81 bits per heavy atom. The average molecular weight is 759 g/mol. The van der Waals surface area contributed by atoms with E-state index in [9.17, 15) is 23.1 Å². The van der Waals surface area contributed by atoms with Crippen LogP contribution in [-0.4, -0.2) is 106 Å². The number of rotatable bonds is 4. The fraction of sp³-hybridized carbons (Fsp3) is 0.641. The summed E-state index contributed by atoms with van der Waals surface area (Å²) in [5.41, 5.74) is 2.25. The molecule has 1 aliphatic carbocycles. The highest BCUT2D eigenvalue weighted by Crippen LogP contribution is 2.46. The van der Waals surface area contributed by atoms with E-state index in [2.05, 4.69) is 14.5 Å². The number of benzene rings is 2. The maximum absolute atomic E-state index is 13.6. The summed E-state index contributed by atoms with van der Waals surface area (Å²) >= 11 is 6.38. The van der Waals surface area contributed by atoms with Gasteiger partial charge in [-0.2, -0.15) is 0 Å². The van der Waals surface area contributed by atoms with Gasteiger partial charge in [-0.15, -0.1) is 0 Å². The zero-order chi connectivity index (χ0) is 37.0. The number of nitrogens with zero attached hydrogens (tertiary/aromatic N) is 3. The minimum atomic E-state index is -3.98.